The van der Waals surface area contributed by atoms with Crippen LogP contribution in [0.4, 0.5) is 0 Å². The van der Waals surface area contributed by atoms with Gasteiger partial charge in [-0.1, -0.05) is 20.3 Å². The lowest BCUT2D eigenvalue weighted by atomic mass is 9.97. The number of carboxylic acids is 1. The summed E-state index contributed by atoms with van der Waals surface area (Å²) in [5.41, 5.74) is -1.03. The number of ether oxygens (including phenoxy) is 2. The molecule has 8 nitrogen and oxygen atoms in total. The van der Waals surface area contributed by atoms with Crippen LogP contribution in [0.15, 0.2) is 11.3 Å². The zero-order valence-corrected chi connectivity index (χ0v) is 16.2. The molecule has 2 amide bonds. The lowest BCUT2D eigenvalue weighted by Gasteiger charge is -2.56. The molecule has 0 bridgehead atoms. The van der Waals surface area contributed by atoms with Gasteiger partial charge in [0.15, 0.2) is 0 Å². The first-order chi connectivity index (χ1) is 12.4. The summed E-state index contributed by atoms with van der Waals surface area (Å²) in [7, 11) is 1.48. The first kappa shape index (κ1) is 20.7. The van der Waals surface area contributed by atoms with Crippen LogP contribution in [0.1, 0.15) is 39.5 Å². The smallest absolute Gasteiger partial charge is 0.352 e. The Morgan fingerprint density at radius 3 is 2.69 bits per heavy atom. The minimum Gasteiger partial charge on any atom is -0.477 e. The van der Waals surface area contributed by atoms with Gasteiger partial charge in [0, 0.05) is 19.3 Å². The monoisotopic (exact) mass is 386 g/mol. The van der Waals surface area contributed by atoms with Gasteiger partial charge in [-0.25, -0.2) is 4.79 Å². The van der Waals surface area contributed by atoms with Crippen LogP contribution in [0.2, 0.25) is 0 Å². The fraction of sp³-hybridized carbons (Fsp3) is 0.706. The molecule has 0 aliphatic carbocycles. The van der Waals surface area contributed by atoms with Gasteiger partial charge in [0.25, 0.3) is 11.6 Å². The Hall–Kier alpha value is -1.58. The molecule has 1 saturated heterocycles. The number of amides is 2. The van der Waals surface area contributed by atoms with Crippen molar-refractivity contribution in [2.75, 3.05) is 26.1 Å². The molecule has 2 heterocycles. The molecule has 0 radical (unpaired) electrons. The second-order valence-electron chi connectivity index (χ2n) is 6.26. The van der Waals surface area contributed by atoms with E-state index in [0.29, 0.717) is 24.4 Å². The number of aliphatic carboxylic acids is 1. The number of unbranched alkanes of at least 4 members (excludes halogenated alkanes) is 1. The largest absolute Gasteiger partial charge is 0.477 e. The number of methoxy groups -OCH3 is 1. The molecule has 0 saturated carbocycles. The summed E-state index contributed by atoms with van der Waals surface area (Å²) in [4.78, 5) is 38.1. The summed E-state index contributed by atoms with van der Waals surface area (Å²) in [6.45, 7) is 4.32. The van der Waals surface area contributed by atoms with E-state index >= 15 is 0 Å². The molecule has 0 aromatic rings. The Morgan fingerprint density at radius 2 is 2.12 bits per heavy atom. The highest BCUT2D eigenvalue weighted by Crippen LogP contribution is 2.47. The van der Waals surface area contributed by atoms with Crippen molar-refractivity contribution in [1.82, 2.24) is 10.2 Å². The number of carbonyl (C=O) groups is 3. The first-order valence-corrected chi connectivity index (χ1v) is 9.82. The number of carboxylic acid groups (broad SMARTS) is 1. The maximum atomic E-state index is 13.0. The van der Waals surface area contributed by atoms with E-state index in [0.717, 1.165) is 12.8 Å². The number of rotatable bonds is 10. The number of carbonyl (C=O) groups excluding carboxylic acids is 2. The van der Waals surface area contributed by atoms with E-state index in [4.69, 9.17) is 9.47 Å². The van der Waals surface area contributed by atoms with Gasteiger partial charge in [-0.05, 0) is 18.4 Å². The Morgan fingerprint density at radius 1 is 1.38 bits per heavy atom. The van der Waals surface area contributed by atoms with Crippen molar-refractivity contribution in [1.29, 1.82) is 0 Å². The fourth-order valence-corrected chi connectivity index (χ4v) is 4.42. The highest BCUT2D eigenvalue weighted by atomic mass is 32.2. The molecule has 2 aliphatic rings. The topological polar surface area (TPSA) is 105 Å². The molecule has 2 aliphatic heterocycles. The first-order valence-electron chi connectivity index (χ1n) is 8.77. The quantitative estimate of drug-likeness (QED) is 0.331. The number of thioether (sulfide) groups is 1. The van der Waals surface area contributed by atoms with Crippen molar-refractivity contribution in [2.45, 2.75) is 50.6 Å². The predicted molar refractivity (Wildman–Crippen MR) is 96.3 cm³/mol. The third kappa shape index (κ3) is 3.74. The Bertz CT molecular complexity index is 608. The van der Waals surface area contributed by atoms with Gasteiger partial charge in [-0.15, -0.1) is 11.8 Å². The molecule has 0 aromatic carbocycles. The van der Waals surface area contributed by atoms with Crippen LogP contribution in [0.3, 0.4) is 0 Å². The normalized spacial score (nSPS) is 25.0. The van der Waals surface area contributed by atoms with Gasteiger partial charge in [0.05, 0.1) is 13.2 Å². The summed E-state index contributed by atoms with van der Waals surface area (Å²) in [5.74, 6) is -1.60. The standard InChI is InChI=1S/C17H26N2O6S/c1-4-6-8-25-17(18-12(20)7-5-2)15(23)19-13(14(21)22)11(9-24-3)10-26-16(17)19/h16H,4-10H2,1-3H3,(H,18,20)(H,21,22)/t16-,17?/m0/s1. The molecule has 2 N–H and O–H groups in total. The van der Waals surface area contributed by atoms with Crippen molar-refractivity contribution in [3.8, 4) is 0 Å². The molecule has 2 rings (SSSR count). The van der Waals surface area contributed by atoms with E-state index < -0.39 is 23.0 Å². The van der Waals surface area contributed by atoms with Crippen molar-refractivity contribution < 1.29 is 29.0 Å². The van der Waals surface area contributed by atoms with E-state index in [1.807, 2.05) is 13.8 Å². The molecule has 9 heteroatoms. The number of nitrogens with zero attached hydrogens (tertiary/aromatic N) is 1. The number of nitrogens with one attached hydrogen (secondary N) is 1. The number of hydrogen-bond acceptors (Lipinski definition) is 6. The predicted octanol–water partition coefficient (Wildman–Crippen LogP) is 1.32. The molecule has 0 spiro atoms. The van der Waals surface area contributed by atoms with Gasteiger partial charge in [0.2, 0.25) is 5.91 Å². The molecule has 1 unspecified atom stereocenters. The molecular weight excluding hydrogens is 360 g/mol. The molecule has 2 atom stereocenters. The highest BCUT2D eigenvalue weighted by molar-refractivity contribution is 8.00. The van der Waals surface area contributed by atoms with Crippen LogP contribution < -0.4 is 5.32 Å². The lowest BCUT2D eigenvalue weighted by Crippen LogP contribution is -2.81. The van der Waals surface area contributed by atoms with Crippen LogP contribution >= 0.6 is 11.8 Å². The van der Waals surface area contributed by atoms with Crippen molar-refractivity contribution >= 4 is 29.5 Å². The van der Waals surface area contributed by atoms with Crippen molar-refractivity contribution in [3.05, 3.63) is 11.3 Å². The van der Waals surface area contributed by atoms with Gasteiger partial charge < -0.3 is 19.9 Å². The SMILES string of the molecule is CCCCOC1(NC(=O)CCC)C(=O)N2C(C(=O)O)=C(COC)CS[C@H]21. The van der Waals surface area contributed by atoms with E-state index in [2.05, 4.69) is 5.32 Å². The summed E-state index contributed by atoms with van der Waals surface area (Å²) in [6, 6.07) is 0. The summed E-state index contributed by atoms with van der Waals surface area (Å²) in [5, 5.41) is 11.7. The zero-order chi connectivity index (χ0) is 19.3. The van der Waals surface area contributed by atoms with Gasteiger partial charge in [0.1, 0.15) is 11.1 Å². The number of β-lactam (4-membered cyclic amide) rings is 1. The lowest BCUT2D eigenvalue weighted by molar-refractivity contribution is -0.199. The van der Waals surface area contributed by atoms with E-state index in [-0.39, 0.29) is 24.6 Å². The van der Waals surface area contributed by atoms with Gasteiger partial charge >= 0.3 is 5.97 Å². The van der Waals surface area contributed by atoms with Crippen LogP contribution in [-0.4, -0.2) is 65.0 Å². The summed E-state index contributed by atoms with van der Waals surface area (Å²) in [6.07, 6.45) is 2.55. The Balaban J connectivity index is 2.31. The average Bonchev–Trinajstić information content (AvgIpc) is 2.60. The Kier molecular flexibility index (Phi) is 7.08. The van der Waals surface area contributed by atoms with Crippen LogP contribution in [0.5, 0.6) is 0 Å². The van der Waals surface area contributed by atoms with Crippen molar-refractivity contribution in [2.24, 2.45) is 0 Å². The number of fused-ring (bicyclic) bond motifs is 1. The van der Waals surface area contributed by atoms with Crippen LogP contribution in [0, 0.1) is 0 Å². The molecule has 146 valence electrons. The minimum absolute atomic E-state index is 0.0694. The third-order valence-corrected chi connectivity index (χ3v) is 5.63. The van der Waals surface area contributed by atoms with Gasteiger partial charge in [-0.2, -0.15) is 0 Å². The van der Waals surface area contributed by atoms with E-state index in [9.17, 15) is 19.5 Å². The second kappa shape index (κ2) is 8.88. The van der Waals surface area contributed by atoms with Gasteiger partial charge in [-0.3, -0.25) is 14.5 Å². The molecule has 1 fully saturated rings. The summed E-state index contributed by atoms with van der Waals surface area (Å²) >= 11 is 1.38. The van der Waals surface area contributed by atoms with E-state index in [1.54, 1.807) is 0 Å². The second-order valence-corrected chi connectivity index (χ2v) is 7.33. The third-order valence-electron chi connectivity index (χ3n) is 4.26. The summed E-state index contributed by atoms with van der Waals surface area (Å²) < 4.78 is 10.9. The van der Waals surface area contributed by atoms with Crippen molar-refractivity contribution in [3.63, 3.8) is 0 Å². The zero-order valence-electron chi connectivity index (χ0n) is 15.4. The maximum Gasteiger partial charge on any atom is 0.352 e. The maximum absolute atomic E-state index is 13.0. The van der Waals surface area contributed by atoms with Crippen LogP contribution in [-0.2, 0) is 23.9 Å². The number of hydrogen-bond donors (Lipinski definition) is 2. The fourth-order valence-electron chi connectivity index (χ4n) is 3.03. The molecule has 26 heavy (non-hydrogen) atoms. The van der Waals surface area contributed by atoms with Crippen LogP contribution in [0.25, 0.3) is 0 Å². The van der Waals surface area contributed by atoms with E-state index in [1.165, 1.54) is 23.8 Å². The highest BCUT2D eigenvalue weighted by Gasteiger charge is 2.66. The average molecular weight is 386 g/mol. The molecule has 0 aromatic heterocycles. The Labute approximate surface area is 157 Å². The molecular formula is C17H26N2O6S. The minimum atomic E-state index is -1.49.